The largest absolute Gasteiger partial charge is 0.465 e. The third-order valence-corrected chi connectivity index (χ3v) is 6.32. The average molecular weight is 428 g/mol. The number of ether oxygens (including phenoxy) is 1. The summed E-state index contributed by atoms with van der Waals surface area (Å²) < 4.78 is 23.3. The number of carbonyl (C=O) groups excluding carboxylic acids is 1. The van der Waals surface area contributed by atoms with E-state index in [9.17, 15) is 13.8 Å². The molecule has 0 fully saturated rings. The van der Waals surface area contributed by atoms with Crippen LogP contribution < -0.4 is 10.7 Å². The molecule has 30 heavy (non-hydrogen) atoms. The summed E-state index contributed by atoms with van der Waals surface area (Å²) in [5.41, 5.74) is 3.27. The maximum absolute atomic E-state index is 13.0. The minimum Gasteiger partial charge on any atom is -0.465 e. The van der Waals surface area contributed by atoms with Gasteiger partial charge in [0.25, 0.3) is 0 Å². The summed E-state index contributed by atoms with van der Waals surface area (Å²) in [5, 5.41) is 3.98. The number of aryl methyl sites for hydroxylation is 1. The lowest BCUT2D eigenvalue weighted by atomic mass is 10.00. The maximum atomic E-state index is 13.0. The Kier molecular flexibility index (Phi) is 6.41. The van der Waals surface area contributed by atoms with E-state index in [1.165, 1.54) is 7.11 Å². The summed E-state index contributed by atoms with van der Waals surface area (Å²) in [6.07, 6.45) is 0. The number of rotatable bonds is 6. The summed E-state index contributed by atoms with van der Waals surface area (Å²) in [7, 11) is -0.0561. The van der Waals surface area contributed by atoms with Gasteiger partial charge in [-0.3, -0.25) is 9.00 Å². The molecule has 0 saturated heterocycles. The van der Waals surface area contributed by atoms with Crippen molar-refractivity contribution in [3.8, 4) is 0 Å². The normalized spacial score (nSPS) is 13.1. The maximum Gasteiger partial charge on any atom is 0.339 e. The standard InChI is InChI=1S/C23H25NO5S/c1-6-30(27)23-14(3)20(25)18-12-13(2)11-17(21(18)29-23)15(4)24-19-10-8-7-9-16(19)22(26)28-5/h7-12,15,24H,6H2,1-5H3. The second-order valence-corrected chi connectivity index (χ2v) is 8.75. The van der Waals surface area contributed by atoms with Crippen LogP contribution in [0.2, 0.25) is 0 Å². The van der Waals surface area contributed by atoms with Gasteiger partial charge in [0.2, 0.25) is 0 Å². The monoisotopic (exact) mass is 427 g/mol. The van der Waals surface area contributed by atoms with Crippen molar-refractivity contribution in [3.05, 3.63) is 68.9 Å². The topological polar surface area (TPSA) is 85.6 Å². The molecule has 0 amide bonds. The van der Waals surface area contributed by atoms with E-state index in [1.807, 2.05) is 26.0 Å². The molecule has 0 bridgehead atoms. The van der Waals surface area contributed by atoms with Gasteiger partial charge in [0, 0.05) is 22.6 Å². The van der Waals surface area contributed by atoms with Crippen molar-refractivity contribution in [2.45, 2.75) is 38.8 Å². The van der Waals surface area contributed by atoms with Crippen LogP contribution in [0, 0.1) is 13.8 Å². The van der Waals surface area contributed by atoms with Gasteiger partial charge in [0.05, 0.1) is 34.9 Å². The fraction of sp³-hybridized carbons (Fsp3) is 0.304. The van der Waals surface area contributed by atoms with Gasteiger partial charge in [0.1, 0.15) is 5.58 Å². The molecule has 0 aliphatic carbocycles. The molecule has 1 aromatic heterocycles. The van der Waals surface area contributed by atoms with E-state index >= 15 is 0 Å². The Bertz CT molecular complexity index is 1200. The molecular formula is C23H25NO5S. The Morgan fingerprint density at radius 3 is 2.60 bits per heavy atom. The first-order valence-corrected chi connectivity index (χ1v) is 11.0. The molecule has 6 nitrogen and oxygen atoms in total. The number of esters is 1. The first kappa shape index (κ1) is 21.8. The third-order valence-electron chi connectivity index (χ3n) is 4.99. The highest BCUT2D eigenvalue weighted by Crippen LogP contribution is 2.30. The SMILES string of the molecule is CCS(=O)c1oc2c(C(C)Nc3ccccc3C(=O)OC)cc(C)cc2c(=O)c1C. The lowest BCUT2D eigenvalue weighted by Gasteiger charge is -2.20. The van der Waals surface area contributed by atoms with E-state index in [4.69, 9.17) is 9.15 Å². The van der Waals surface area contributed by atoms with Crippen molar-refractivity contribution >= 4 is 33.4 Å². The van der Waals surface area contributed by atoms with Gasteiger partial charge < -0.3 is 14.5 Å². The third kappa shape index (κ3) is 4.03. The lowest BCUT2D eigenvalue weighted by Crippen LogP contribution is -2.15. The van der Waals surface area contributed by atoms with Crippen molar-refractivity contribution in [2.24, 2.45) is 0 Å². The zero-order chi connectivity index (χ0) is 22.0. The van der Waals surface area contributed by atoms with Crippen LogP contribution in [0.25, 0.3) is 11.0 Å². The summed E-state index contributed by atoms with van der Waals surface area (Å²) in [6.45, 7) is 7.25. The van der Waals surface area contributed by atoms with Crippen LogP contribution in [-0.2, 0) is 15.5 Å². The number of methoxy groups -OCH3 is 1. The van der Waals surface area contributed by atoms with Crippen LogP contribution in [0.1, 0.15) is 46.9 Å². The Morgan fingerprint density at radius 1 is 1.23 bits per heavy atom. The zero-order valence-electron chi connectivity index (χ0n) is 17.7. The van der Waals surface area contributed by atoms with Crippen LogP contribution >= 0.6 is 0 Å². The molecule has 1 N–H and O–H groups in total. The number of para-hydroxylation sites is 1. The van der Waals surface area contributed by atoms with E-state index in [0.29, 0.717) is 33.5 Å². The fourth-order valence-electron chi connectivity index (χ4n) is 3.43. The Hall–Kier alpha value is -2.93. The number of hydrogen-bond acceptors (Lipinski definition) is 6. The molecule has 0 saturated carbocycles. The molecule has 0 aliphatic heterocycles. The molecule has 3 rings (SSSR count). The van der Waals surface area contributed by atoms with Crippen LogP contribution in [0.3, 0.4) is 0 Å². The van der Waals surface area contributed by atoms with Gasteiger partial charge in [-0.25, -0.2) is 4.79 Å². The van der Waals surface area contributed by atoms with Crippen molar-refractivity contribution in [1.29, 1.82) is 0 Å². The molecule has 0 spiro atoms. The summed E-state index contributed by atoms with van der Waals surface area (Å²) >= 11 is 0. The molecule has 0 radical (unpaired) electrons. The van der Waals surface area contributed by atoms with Crippen molar-refractivity contribution < 1.29 is 18.2 Å². The number of nitrogens with one attached hydrogen (secondary N) is 1. The van der Waals surface area contributed by atoms with Crippen molar-refractivity contribution in [2.75, 3.05) is 18.2 Å². The highest BCUT2D eigenvalue weighted by atomic mass is 32.2. The number of hydrogen-bond donors (Lipinski definition) is 1. The lowest BCUT2D eigenvalue weighted by molar-refractivity contribution is 0.0602. The van der Waals surface area contributed by atoms with Gasteiger partial charge in [-0.2, -0.15) is 0 Å². The second-order valence-electron chi connectivity index (χ2n) is 7.11. The number of anilines is 1. The Labute approximate surface area is 177 Å². The van der Waals surface area contributed by atoms with Gasteiger partial charge in [-0.1, -0.05) is 25.1 Å². The van der Waals surface area contributed by atoms with E-state index < -0.39 is 16.8 Å². The second kappa shape index (κ2) is 8.83. The first-order chi connectivity index (χ1) is 14.3. The van der Waals surface area contributed by atoms with Crippen LogP contribution in [-0.4, -0.2) is 23.0 Å². The summed E-state index contributed by atoms with van der Waals surface area (Å²) in [6, 6.07) is 10.5. The predicted molar refractivity (Wildman–Crippen MR) is 119 cm³/mol. The molecule has 2 aromatic carbocycles. The van der Waals surface area contributed by atoms with E-state index in [1.54, 1.807) is 38.1 Å². The number of carbonyl (C=O) groups is 1. The molecule has 7 heteroatoms. The fourth-order valence-corrected chi connectivity index (χ4v) is 4.30. The summed E-state index contributed by atoms with van der Waals surface area (Å²) in [5.74, 6) is -0.0845. The number of fused-ring (bicyclic) bond motifs is 1. The average Bonchev–Trinajstić information content (AvgIpc) is 2.75. The molecule has 3 aromatic rings. The van der Waals surface area contributed by atoms with Crippen molar-refractivity contribution in [1.82, 2.24) is 0 Å². The van der Waals surface area contributed by atoms with Gasteiger partial charge in [-0.15, -0.1) is 0 Å². The molecule has 158 valence electrons. The quantitative estimate of drug-likeness (QED) is 0.583. The highest BCUT2D eigenvalue weighted by molar-refractivity contribution is 7.84. The minimum absolute atomic E-state index is 0.180. The van der Waals surface area contributed by atoms with Crippen molar-refractivity contribution in [3.63, 3.8) is 0 Å². The van der Waals surface area contributed by atoms with Crippen LogP contribution in [0.4, 0.5) is 5.69 Å². The first-order valence-electron chi connectivity index (χ1n) is 9.68. The van der Waals surface area contributed by atoms with Gasteiger partial charge in [0.15, 0.2) is 10.5 Å². The van der Waals surface area contributed by atoms with Crippen LogP contribution in [0.15, 0.2) is 50.7 Å². The molecule has 2 atom stereocenters. The van der Waals surface area contributed by atoms with Gasteiger partial charge >= 0.3 is 5.97 Å². The molecule has 2 unspecified atom stereocenters. The van der Waals surface area contributed by atoms with Gasteiger partial charge in [-0.05, 0) is 44.5 Å². The minimum atomic E-state index is -1.39. The molecule has 0 aliphatic rings. The number of benzene rings is 2. The molecular weight excluding hydrogens is 402 g/mol. The Balaban J connectivity index is 2.16. The van der Waals surface area contributed by atoms with E-state index in [2.05, 4.69) is 5.32 Å². The predicted octanol–water partition coefficient (Wildman–Crippen LogP) is 4.50. The highest BCUT2D eigenvalue weighted by Gasteiger charge is 2.21. The smallest absolute Gasteiger partial charge is 0.339 e. The molecule has 1 heterocycles. The van der Waals surface area contributed by atoms with E-state index in [0.717, 1.165) is 11.1 Å². The van der Waals surface area contributed by atoms with Crippen LogP contribution in [0.5, 0.6) is 0 Å². The zero-order valence-corrected chi connectivity index (χ0v) is 18.5. The summed E-state index contributed by atoms with van der Waals surface area (Å²) in [4.78, 5) is 25.1. The van der Waals surface area contributed by atoms with E-state index in [-0.39, 0.29) is 16.6 Å². The Morgan fingerprint density at radius 2 is 1.93 bits per heavy atom.